The van der Waals surface area contributed by atoms with Crippen LogP contribution in [0.2, 0.25) is 5.02 Å². The van der Waals surface area contributed by atoms with Gasteiger partial charge in [-0.25, -0.2) is 4.79 Å². The molecular formula is C32H37ClN2O5. The zero-order valence-electron chi connectivity index (χ0n) is 23.3. The maximum Gasteiger partial charge on any atom is 0.408 e. The first-order valence-corrected chi connectivity index (χ1v) is 14.2. The molecule has 0 saturated heterocycles. The lowest BCUT2D eigenvalue weighted by Crippen LogP contribution is -2.54. The molecule has 1 atom stereocenters. The predicted molar refractivity (Wildman–Crippen MR) is 157 cm³/mol. The van der Waals surface area contributed by atoms with Gasteiger partial charge in [0.25, 0.3) is 0 Å². The molecule has 4 rings (SSSR count). The van der Waals surface area contributed by atoms with Crippen molar-refractivity contribution >= 4 is 23.6 Å². The van der Waals surface area contributed by atoms with E-state index in [-0.39, 0.29) is 31.3 Å². The Morgan fingerprint density at radius 1 is 0.875 bits per heavy atom. The Morgan fingerprint density at radius 2 is 1.43 bits per heavy atom. The number of fused-ring (bicyclic) bond motifs is 3. The lowest BCUT2D eigenvalue weighted by atomic mass is 9.94. The van der Waals surface area contributed by atoms with E-state index in [0.717, 1.165) is 27.8 Å². The first kappa shape index (κ1) is 29.6. The van der Waals surface area contributed by atoms with Crippen LogP contribution < -0.4 is 0 Å². The molecule has 1 unspecified atom stereocenters. The molecule has 3 aromatic rings. The maximum absolute atomic E-state index is 14.2. The van der Waals surface area contributed by atoms with Gasteiger partial charge in [-0.15, -0.1) is 0 Å². The number of benzene rings is 3. The standard InChI is InChI=1S/C32H37ClN2O5/c1-4-34(21-30(39-5-2)40-6-3)31(36)29(19-22-15-17-23(33)18-16-22)35(32(37)38)20-28-26-13-9-7-11-24(26)25-12-8-10-14-27(25)28/h7-18,28-30H,4-6,19-21H2,1-3H3,(H,37,38). The van der Waals surface area contributed by atoms with Crippen LogP contribution in [0.4, 0.5) is 4.79 Å². The zero-order valence-corrected chi connectivity index (χ0v) is 24.0. The molecule has 0 fully saturated rings. The highest BCUT2D eigenvalue weighted by molar-refractivity contribution is 6.30. The topological polar surface area (TPSA) is 79.3 Å². The minimum atomic E-state index is -1.14. The largest absolute Gasteiger partial charge is 0.465 e. The molecule has 0 saturated carbocycles. The van der Waals surface area contributed by atoms with E-state index >= 15 is 0 Å². The molecular weight excluding hydrogens is 528 g/mol. The van der Waals surface area contributed by atoms with E-state index < -0.39 is 18.4 Å². The summed E-state index contributed by atoms with van der Waals surface area (Å²) < 4.78 is 11.4. The Hall–Kier alpha value is -3.39. The highest BCUT2D eigenvalue weighted by Crippen LogP contribution is 2.45. The van der Waals surface area contributed by atoms with Crippen molar-refractivity contribution < 1.29 is 24.2 Å². The van der Waals surface area contributed by atoms with Gasteiger partial charge in [0.1, 0.15) is 6.04 Å². The van der Waals surface area contributed by atoms with Crippen LogP contribution in [0.1, 0.15) is 43.4 Å². The van der Waals surface area contributed by atoms with E-state index in [1.54, 1.807) is 17.0 Å². The molecule has 0 bridgehead atoms. The van der Waals surface area contributed by atoms with Gasteiger partial charge in [0.2, 0.25) is 5.91 Å². The van der Waals surface area contributed by atoms with Crippen molar-refractivity contribution in [3.8, 4) is 11.1 Å². The predicted octanol–water partition coefficient (Wildman–Crippen LogP) is 6.29. The Kier molecular flexibility index (Phi) is 10.2. The molecule has 0 heterocycles. The third-order valence-electron chi connectivity index (χ3n) is 7.36. The molecule has 1 aliphatic rings. The number of hydrogen-bond acceptors (Lipinski definition) is 4. The molecule has 2 amide bonds. The van der Waals surface area contributed by atoms with Gasteiger partial charge in [-0.2, -0.15) is 0 Å². The molecule has 0 aromatic heterocycles. The number of nitrogens with zero attached hydrogens (tertiary/aromatic N) is 2. The number of hydrogen-bond donors (Lipinski definition) is 1. The van der Waals surface area contributed by atoms with Crippen molar-refractivity contribution in [2.75, 3.05) is 32.8 Å². The number of ether oxygens (including phenoxy) is 2. The van der Waals surface area contributed by atoms with Crippen molar-refractivity contribution in [3.63, 3.8) is 0 Å². The molecule has 7 nitrogen and oxygen atoms in total. The summed E-state index contributed by atoms with van der Waals surface area (Å²) in [6.07, 6.45) is -1.53. The number of carboxylic acid groups (broad SMARTS) is 1. The van der Waals surface area contributed by atoms with Crippen molar-refractivity contribution in [1.29, 1.82) is 0 Å². The fourth-order valence-corrected chi connectivity index (χ4v) is 5.58. The second-order valence-electron chi connectivity index (χ2n) is 9.73. The monoisotopic (exact) mass is 564 g/mol. The van der Waals surface area contributed by atoms with E-state index in [0.29, 0.717) is 24.8 Å². The summed E-state index contributed by atoms with van der Waals surface area (Å²) >= 11 is 6.11. The molecule has 8 heteroatoms. The lowest BCUT2D eigenvalue weighted by Gasteiger charge is -2.35. The van der Waals surface area contributed by atoms with Crippen molar-refractivity contribution in [1.82, 2.24) is 9.80 Å². The van der Waals surface area contributed by atoms with Gasteiger partial charge in [0, 0.05) is 43.7 Å². The number of rotatable bonds is 13. The van der Waals surface area contributed by atoms with E-state index in [2.05, 4.69) is 12.1 Å². The summed E-state index contributed by atoms with van der Waals surface area (Å²) in [5.41, 5.74) is 5.14. The summed E-state index contributed by atoms with van der Waals surface area (Å²) in [4.78, 5) is 30.0. The molecule has 0 radical (unpaired) electrons. The smallest absolute Gasteiger partial charge is 0.408 e. The maximum atomic E-state index is 14.2. The first-order chi connectivity index (χ1) is 19.4. The van der Waals surface area contributed by atoms with Crippen molar-refractivity contribution in [2.24, 2.45) is 0 Å². The molecule has 40 heavy (non-hydrogen) atoms. The van der Waals surface area contributed by atoms with Gasteiger partial charge in [0.15, 0.2) is 6.29 Å². The van der Waals surface area contributed by atoms with E-state index in [1.165, 1.54) is 4.90 Å². The molecule has 1 aliphatic carbocycles. The zero-order chi connectivity index (χ0) is 28.6. The number of likely N-dealkylation sites (N-methyl/N-ethyl adjacent to an activating group) is 1. The Balaban J connectivity index is 1.70. The van der Waals surface area contributed by atoms with Crippen LogP contribution in [0, 0.1) is 0 Å². The number of amides is 2. The number of carbonyl (C=O) groups is 2. The SMILES string of the molecule is CCOC(CN(CC)C(=O)C(Cc1ccc(Cl)cc1)N(CC1c2ccccc2-c2ccccc21)C(=O)O)OCC. The van der Waals surface area contributed by atoms with Gasteiger partial charge in [-0.1, -0.05) is 72.3 Å². The number of halogens is 1. The van der Waals surface area contributed by atoms with Gasteiger partial charge in [-0.05, 0) is 60.7 Å². The van der Waals surface area contributed by atoms with Gasteiger partial charge in [-0.3, -0.25) is 9.69 Å². The van der Waals surface area contributed by atoms with E-state index in [4.69, 9.17) is 21.1 Å². The molecule has 0 spiro atoms. The third-order valence-corrected chi connectivity index (χ3v) is 7.61. The quantitative estimate of drug-likeness (QED) is 0.247. The van der Waals surface area contributed by atoms with Crippen LogP contribution in [0.25, 0.3) is 11.1 Å². The van der Waals surface area contributed by atoms with Crippen LogP contribution in [0.5, 0.6) is 0 Å². The highest BCUT2D eigenvalue weighted by atomic mass is 35.5. The summed E-state index contributed by atoms with van der Waals surface area (Å²) in [5.74, 6) is -0.484. The molecule has 212 valence electrons. The van der Waals surface area contributed by atoms with Crippen LogP contribution in [-0.2, 0) is 20.7 Å². The average Bonchev–Trinajstić information content (AvgIpc) is 3.27. The first-order valence-electron chi connectivity index (χ1n) is 13.8. The fourth-order valence-electron chi connectivity index (χ4n) is 5.46. The second kappa shape index (κ2) is 13.8. The lowest BCUT2D eigenvalue weighted by molar-refractivity contribution is -0.161. The number of carbonyl (C=O) groups excluding carboxylic acids is 1. The van der Waals surface area contributed by atoms with Gasteiger partial charge in [0.05, 0.1) is 6.54 Å². The van der Waals surface area contributed by atoms with Crippen LogP contribution >= 0.6 is 11.6 Å². The van der Waals surface area contributed by atoms with Gasteiger partial charge >= 0.3 is 6.09 Å². The summed E-state index contributed by atoms with van der Waals surface area (Å²) in [5, 5.41) is 11.1. The fraction of sp³-hybridized carbons (Fsp3) is 0.375. The average molecular weight is 565 g/mol. The van der Waals surface area contributed by atoms with E-state index in [9.17, 15) is 14.7 Å². The third kappa shape index (κ3) is 6.66. The second-order valence-corrected chi connectivity index (χ2v) is 10.2. The molecule has 1 N–H and O–H groups in total. The summed E-state index contributed by atoms with van der Waals surface area (Å²) in [6, 6.07) is 22.4. The highest BCUT2D eigenvalue weighted by Gasteiger charge is 2.38. The van der Waals surface area contributed by atoms with Crippen LogP contribution in [0.15, 0.2) is 72.8 Å². The van der Waals surface area contributed by atoms with Crippen LogP contribution in [-0.4, -0.2) is 72.1 Å². The summed E-state index contributed by atoms with van der Waals surface area (Å²) in [7, 11) is 0. The minimum Gasteiger partial charge on any atom is -0.465 e. The Morgan fingerprint density at radius 3 is 1.93 bits per heavy atom. The van der Waals surface area contributed by atoms with Crippen LogP contribution in [0.3, 0.4) is 0 Å². The Labute approximate surface area is 241 Å². The minimum absolute atomic E-state index is 0.144. The van der Waals surface area contributed by atoms with Gasteiger partial charge < -0.3 is 19.5 Å². The molecule has 0 aliphatic heterocycles. The Bertz CT molecular complexity index is 1250. The normalized spacial score (nSPS) is 13.1. The van der Waals surface area contributed by atoms with Crippen molar-refractivity contribution in [2.45, 2.75) is 45.4 Å². The van der Waals surface area contributed by atoms with Crippen molar-refractivity contribution in [3.05, 3.63) is 94.5 Å². The summed E-state index contributed by atoms with van der Waals surface area (Å²) in [6.45, 7) is 7.23. The van der Waals surface area contributed by atoms with E-state index in [1.807, 2.05) is 69.3 Å². The molecule has 3 aromatic carbocycles.